The summed E-state index contributed by atoms with van der Waals surface area (Å²) in [6.45, 7) is 14.0. The van der Waals surface area contributed by atoms with Crippen molar-refractivity contribution in [2.45, 2.75) is 82.5 Å². The summed E-state index contributed by atoms with van der Waals surface area (Å²) < 4.78 is 40.4. The predicted molar refractivity (Wildman–Crippen MR) is 304 cm³/mol. The van der Waals surface area contributed by atoms with Crippen LogP contribution in [0.3, 0.4) is 0 Å². The maximum atomic E-state index is 13.7. The Bertz CT molecular complexity index is 3060. The minimum Gasteiger partial charge on any atom is -0.497 e. The van der Waals surface area contributed by atoms with Gasteiger partial charge in [-0.25, -0.2) is 4.79 Å². The van der Waals surface area contributed by atoms with Crippen LogP contribution in [0.1, 0.15) is 69.4 Å². The number of amides is 1. The van der Waals surface area contributed by atoms with E-state index in [0.29, 0.717) is 62.1 Å². The SMILES string of the molecule is COc1ccc(C(OC[C@H](CO[Si](C)(C)C(C)(C)C)O[C@H](CN2CCN(C(=O)CCCCCOc3cc(-c4ccccn4)ncc3-c3ccccn3)CC2)n2ccc(=O)[nH]c2=O)(c2ccccc2)c2ccc(OC)cc2)cc1. The van der Waals surface area contributed by atoms with E-state index in [1.165, 1.54) is 16.8 Å². The Morgan fingerprint density at radius 1 is 0.692 bits per heavy atom. The lowest BCUT2D eigenvalue weighted by Crippen LogP contribution is -2.51. The normalized spacial score (nSPS) is 14.2. The van der Waals surface area contributed by atoms with E-state index < -0.39 is 37.5 Å². The molecule has 0 saturated carbocycles. The van der Waals surface area contributed by atoms with Gasteiger partial charge in [-0.3, -0.25) is 39.0 Å². The van der Waals surface area contributed by atoms with Crippen LogP contribution >= 0.6 is 0 Å². The topological polar surface area (TPSA) is 172 Å². The number of nitrogens with zero attached hydrogens (tertiary/aromatic N) is 6. The lowest BCUT2D eigenvalue weighted by atomic mass is 9.80. The third kappa shape index (κ3) is 14.2. The Kier molecular flexibility index (Phi) is 19.2. The number of hydrogen-bond donors (Lipinski definition) is 1. The molecule has 3 aromatic carbocycles. The van der Waals surface area contributed by atoms with Crippen molar-refractivity contribution in [3.8, 4) is 39.9 Å². The van der Waals surface area contributed by atoms with Crippen molar-refractivity contribution >= 4 is 14.2 Å². The van der Waals surface area contributed by atoms with E-state index in [1.807, 2.05) is 126 Å². The number of aromatic amines is 1. The smallest absolute Gasteiger partial charge is 0.330 e. The molecule has 0 radical (unpaired) electrons. The van der Waals surface area contributed by atoms with Crippen LogP contribution in [0.15, 0.2) is 162 Å². The lowest BCUT2D eigenvalue weighted by Gasteiger charge is -2.40. The first-order valence-electron chi connectivity index (χ1n) is 26.7. The number of unbranched alkanes of at least 4 members (excludes halogenated alkanes) is 2. The Morgan fingerprint density at radius 3 is 1.90 bits per heavy atom. The highest BCUT2D eigenvalue weighted by molar-refractivity contribution is 6.74. The summed E-state index contributed by atoms with van der Waals surface area (Å²) in [5, 5.41) is -0.114. The van der Waals surface area contributed by atoms with Crippen molar-refractivity contribution in [2.24, 2.45) is 0 Å². The minimum absolute atomic E-state index is 0.0351. The molecule has 0 spiro atoms. The number of nitrogens with one attached hydrogen (secondary N) is 1. The highest BCUT2D eigenvalue weighted by Gasteiger charge is 2.41. The molecule has 410 valence electrons. The fraction of sp³-hybridized carbons (Fsp3) is 0.377. The van der Waals surface area contributed by atoms with E-state index in [4.69, 9.17) is 28.1 Å². The number of methoxy groups -OCH3 is 2. The summed E-state index contributed by atoms with van der Waals surface area (Å²) in [7, 11) is 0.913. The molecule has 1 fully saturated rings. The molecular weight excluding hydrogens is 1000 g/mol. The predicted octanol–water partition coefficient (Wildman–Crippen LogP) is 9.77. The maximum Gasteiger partial charge on any atom is 0.330 e. The number of carbonyl (C=O) groups is 1. The Morgan fingerprint density at radius 2 is 1.31 bits per heavy atom. The van der Waals surface area contributed by atoms with E-state index in [-0.39, 0.29) is 30.7 Å². The molecule has 0 bridgehead atoms. The molecule has 7 aromatic rings. The van der Waals surface area contributed by atoms with Gasteiger partial charge in [-0.15, -0.1) is 0 Å². The number of benzene rings is 3. The van der Waals surface area contributed by atoms with Gasteiger partial charge in [-0.1, -0.05) is 87.5 Å². The van der Waals surface area contributed by atoms with Gasteiger partial charge in [-0.05, 0) is 103 Å². The van der Waals surface area contributed by atoms with E-state index in [1.54, 1.807) is 32.8 Å². The fourth-order valence-corrected chi connectivity index (χ4v) is 10.3. The van der Waals surface area contributed by atoms with Gasteiger partial charge in [0.2, 0.25) is 5.91 Å². The van der Waals surface area contributed by atoms with Gasteiger partial charge in [0.1, 0.15) is 29.0 Å². The van der Waals surface area contributed by atoms with Crippen LogP contribution in [0, 0.1) is 0 Å². The molecule has 1 aliphatic heterocycles. The van der Waals surface area contributed by atoms with Crippen LogP contribution in [0.4, 0.5) is 0 Å². The second kappa shape index (κ2) is 26.4. The van der Waals surface area contributed by atoms with Crippen LogP contribution in [-0.4, -0.2) is 121 Å². The van der Waals surface area contributed by atoms with E-state index in [2.05, 4.69) is 58.7 Å². The molecule has 2 atom stereocenters. The zero-order valence-electron chi connectivity index (χ0n) is 45.9. The molecular formula is C61H73N7O9Si. The van der Waals surface area contributed by atoms with Crippen LogP contribution < -0.4 is 25.5 Å². The Balaban J connectivity index is 0.955. The number of piperazine rings is 1. The first kappa shape index (κ1) is 56.9. The van der Waals surface area contributed by atoms with Gasteiger partial charge in [0, 0.05) is 76.1 Å². The molecule has 5 heterocycles. The number of rotatable bonds is 25. The first-order chi connectivity index (χ1) is 37.7. The van der Waals surface area contributed by atoms with Crippen molar-refractivity contribution in [2.75, 3.05) is 66.8 Å². The fourth-order valence-electron chi connectivity index (χ4n) is 9.23. The number of H-pyrrole nitrogens is 1. The summed E-state index contributed by atoms with van der Waals surface area (Å²) in [6, 6.07) is 40.4. The number of pyridine rings is 3. The standard InChI is InChI=1S/C61H73N7O9Si/c1-60(2,3)78(6,7)76-44-50(43-75-61(45-18-10-8-11-19-45,46-23-27-48(72-4)28-24-46)47-25-29-49(73-5)30-26-47)77-58(68-34-31-56(69)65-59(68)71)42-66-35-37-67(38-36-66)57(70)22-12-9-17-39-74-55-40-54(53-21-14-16-33-63-53)64-41-51(55)52-20-13-15-32-62-52/h8,10-11,13-16,18-21,23-34,40-41,50,58H,9,12,17,22,35-39,42-44H2,1-7H3,(H,65,69,71)/t50-,58-/m1/s1. The summed E-state index contributed by atoms with van der Waals surface area (Å²) in [5.41, 5.74) is 3.35. The molecule has 0 unspecified atom stereocenters. The van der Waals surface area contributed by atoms with Gasteiger partial charge in [0.05, 0.1) is 56.7 Å². The Hall–Kier alpha value is -7.28. The minimum atomic E-state index is -2.36. The molecule has 1 aliphatic rings. The summed E-state index contributed by atoms with van der Waals surface area (Å²) >= 11 is 0. The molecule has 0 aliphatic carbocycles. The number of hydrogen-bond acceptors (Lipinski definition) is 13. The highest BCUT2D eigenvalue weighted by atomic mass is 28.4. The van der Waals surface area contributed by atoms with E-state index in [0.717, 1.165) is 52.9 Å². The number of aromatic nitrogens is 5. The molecule has 1 amide bonds. The van der Waals surface area contributed by atoms with Gasteiger partial charge < -0.3 is 33.0 Å². The summed E-state index contributed by atoms with van der Waals surface area (Å²) in [6.07, 6.45) is 7.87. The first-order valence-corrected chi connectivity index (χ1v) is 29.6. The third-order valence-electron chi connectivity index (χ3n) is 14.8. The zero-order chi connectivity index (χ0) is 55.1. The van der Waals surface area contributed by atoms with Crippen LogP contribution in [0.5, 0.6) is 17.2 Å². The number of carbonyl (C=O) groups excluding carboxylic acids is 1. The monoisotopic (exact) mass is 1080 g/mol. The van der Waals surface area contributed by atoms with Crippen molar-refractivity contribution in [1.29, 1.82) is 0 Å². The van der Waals surface area contributed by atoms with Gasteiger partial charge in [-0.2, -0.15) is 0 Å². The molecule has 4 aromatic heterocycles. The second-order valence-corrected chi connectivity index (χ2v) is 25.8. The van der Waals surface area contributed by atoms with Crippen LogP contribution in [0.25, 0.3) is 22.6 Å². The molecule has 16 nitrogen and oxygen atoms in total. The third-order valence-corrected chi connectivity index (χ3v) is 19.3. The highest BCUT2D eigenvalue weighted by Crippen LogP contribution is 2.43. The van der Waals surface area contributed by atoms with Crippen LogP contribution in [0.2, 0.25) is 18.1 Å². The van der Waals surface area contributed by atoms with Crippen molar-refractivity contribution in [1.82, 2.24) is 34.3 Å². The van der Waals surface area contributed by atoms with E-state index >= 15 is 0 Å². The molecule has 1 saturated heterocycles. The van der Waals surface area contributed by atoms with Crippen molar-refractivity contribution < 1.29 is 32.9 Å². The average molecular weight is 1080 g/mol. The average Bonchev–Trinajstić information content (AvgIpc) is 3.55. The van der Waals surface area contributed by atoms with Gasteiger partial charge in [0.15, 0.2) is 14.5 Å². The largest absolute Gasteiger partial charge is 0.497 e. The van der Waals surface area contributed by atoms with Crippen LogP contribution in [-0.2, 0) is 24.3 Å². The van der Waals surface area contributed by atoms with Gasteiger partial charge >= 0.3 is 5.69 Å². The molecule has 1 N–H and O–H groups in total. The van der Waals surface area contributed by atoms with Crippen molar-refractivity contribution in [3.63, 3.8) is 0 Å². The maximum absolute atomic E-state index is 13.7. The van der Waals surface area contributed by atoms with E-state index in [9.17, 15) is 14.4 Å². The molecule has 78 heavy (non-hydrogen) atoms. The number of ether oxygens (including phenoxy) is 5. The quantitative estimate of drug-likeness (QED) is 0.0326. The lowest BCUT2D eigenvalue weighted by molar-refractivity contribution is -0.138. The van der Waals surface area contributed by atoms with Crippen molar-refractivity contribution in [3.05, 3.63) is 190 Å². The Labute approximate surface area is 458 Å². The molecule has 17 heteroatoms. The second-order valence-electron chi connectivity index (χ2n) is 21.0. The summed E-state index contributed by atoms with van der Waals surface area (Å²) in [5.74, 6) is 2.18. The summed E-state index contributed by atoms with van der Waals surface area (Å²) in [4.78, 5) is 60.0. The van der Waals surface area contributed by atoms with Gasteiger partial charge in [0.25, 0.3) is 5.56 Å². The zero-order valence-corrected chi connectivity index (χ0v) is 46.9. The molecule has 8 rings (SSSR count).